The monoisotopic (exact) mass is 375 g/mol. The molecule has 1 atom stereocenters. The third kappa shape index (κ3) is 3.99. The van der Waals surface area contributed by atoms with Gasteiger partial charge in [0.25, 0.3) is 0 Å². The highest BCUT2D eigenvalue weighted by atomic mass is 35.5. The molecule has 2 aromatic carbocycles. The molecule has 0 N–H and O–H groups in total. The van der Waals surface area contributed by atoms with Gasteiger partial charge in [-0.15, -0.1) is 24.2 Å². The molecule has 4 rings (SSSR count). The normalized spacial score (nSPS) is 19.3. The first-order chi connectivity index (χ1) is 11.8. The molecule has 0 spiro atoms. The zero-order valence-electron chi connectivity index (χ0n) is 14.7. The minimum atomic E-state index is 0. The van der Waals surface area contributed by atoms with E-state index in [0.717, 1.165) is 11.5 Å². The molecular weight excluding hydrogens is 350 g/mol. The molecule has 25 heavy (non-hydrogen) atoms. The van der Waals surface area contributed by atoms with Gasteiger partial charge in [0.05, 0.1) is 5.25 Å². The van der Waals surface area contributed by atoms with E-state index in [4.69, 9.17) is 4.74 Å². The molecule has 4 heteroatoms. The fraction of sp³-hybridized carbons (Fsp3) is 0.429. The zero-order chi connectivity index (χ0) is 16.4. The van der Waals surface area contributed by atoms with Crippen molar-refractivity contribution < 1.29 is 4.74 Å². The Balaban J connectivity index is 0.00000182. The van der Waals surface area contributed by atoms with Crippen molar-refractivity contribution in [3.8, 4) is 11.5 Å². The minimum absolute atomic E-state index is 0. The van der Waals surface area contributed by atoms with Gasteiger partial charge in [-0.1, -0.05) is 42.8 Å². The zero-order valence-corrected chi connectivity index (χ0v) is 16.4. The van der Waals surface area contributed by atoms with Crippen LogP contribution in [0.1, 0.15) is 41.2 Å². The molecule has 0 saturated carbocycles. The number of hydrogen-bond donors (Lipinski definition) is 0. The van der Waals surface area contributed by atoms with Crippen LogP contribution in [0.5, 0.6) is 11.5 Å². The Morgan fingerprint density at radius 1 is 1.00 bits per heavy atom. The maximum Gasteiger partial charge on any atom is 0.135 e. The van der Waals surface area contributed by atoms with E-state index >= 15 is 0 Å². The van der Waals surface area contributed by atoms with Gasteiger partial charge in [-0.25, -0.2) is 0 Å². The summed E-state index contributed by atoms with van der Waals surface area (Å²) in [6.45, 7) is 5.90. The van der Waals surface area contributed by atoms with Crippen LogP contribution in [0.4, 0.5) is 0 Å². The van der Waals surface area contributed by atoms with Crippen LogP contribution < -0.4 is 4.74 Å². The summed E-state index contributed by atoms with van der Waals surface area (Å²) in [6.07, 6.45) is 4.14. The van der Waals surface area contributed by atoms with Gasteiger partial charge in [0.2, 0.25) is 0 Å². The van der Waals surface area contributed by atoms with Gasteiger partial charge >= 0.3 is 0 Å². The summed E-state index contributed by atoms with van der Waals surface area (Å²) in [4.78, 5) is 2.62. The standard InChI is InChI=1S/C21H25NOS.ClH/c1-16-8-7-10-18-20(16)23-19-11-4-3-9-17(19)21(18)24-15-14-22-12-5-2-6-13-22;/h3-4,7-11,21H,2,5-6,12-15H2,1H3;1H. The van der Waals surface area contributed by atoms with Crippen LogP contribution in [0.15, 0.2) is 42.5 Å². The highest BCUT2D eigenvalue weighted by Crippen LogP contribution is 2.50. The number of piperidine rings is 1. The van der Waals surface area contributed by atoms with E-state index in [-0.39, 0.29) is 12.4 Å². The Kier molecular flexibility index (Phi) is 6.32. The number of ether oxygens (including phenoxy) is 1. The quantitative estimate of drug-likeness (QED) is 0.666. The van der Waals surface area contributed by atoms with Gasteiger partial charge in [-0.2, -0.15) is 0 Å². The maximum absolute atomic E-state index is 6.21. The predicted octanol–water partition coefficient (Wildman–Crippen LogP) is 5.83. The Hall–Kier alpha value is -1.16. The van der Waals surface area contributed by atoms with Crippen molar-refractivity contribution in [2.45, 2.75) is 31.4 Å². The van der Waals surface area contributed by atoms with E-state index in [0.29, 0.717) is 5.25 Å². The second kappa shape index (κ2) is 8.48. The van der Waals surface area contributed by atoms with Crippen LogP contribution in [-0.4, -0.2) is 30.3 Å². The summed E-state index contributed by atoms with van der Waals surface area (Å²) in [5.41, 5.74) is 3.88. The van der Waals surface area contributed by atoms with E-state index in [1.54, 1.807) is 0 Å². The predicted molar refractivity (Wildman–Crippen MR) is 110 cm³/mol. The molecule has 1 fully saturated rings. The number of fused-ring (bicyclic) bond motifs is 2. The second-order valence-electron chi connectivity index (χ2n) is 6.79. The minimum Gasteiger partial charge on any atom is -0.456 e. The number of nitrogens with zero attached hydrogens (tertiary/aromatic N) is 1. The highest BCUT2D eigenvalue weighted by molar-refractivity contribution is 7.99. The first kappa shape index (κ1) is 18.6. The van der Waals surface area contributed by atoms with E-state index in [9.17, 15) is 0 Å². The molecule has 2 nitrogen and oxygen atoms in total. The molecule has 0 amide bonds. The van der Waals surface area contributed by atoms with Gasteiger partial charge in [-0.05, 0) is 44.5 Å². The lowest BCUT2D eigenvalue weighted by atomic mass is 9.98. The van der Waals surface area contributed by atoms with Crippen LogP contribution in [0.2, 0.25) is 0 Å². The fourth-order valence-corrected chi connectivity index (χ4v) is 5.09. The summed E-state index contributed by atoms with van der Waals surface area (Å²) in [7, 11) is 0. The van der Waals surface area contributed by atoms with Crippen molar-refractivity contribution in [2.75, 3.05) is 25.4 Å². The van der Waals surface area contributed by atoms with E-state index in [1.807, 2.05) is 0 Å². The summed E-state index contributed by atoms with van der Waals surface area (Å²) < 4.78 is 6.21. The van der Waals surface area contributed by atoms with Crippen LogP contribution >= 0.6 is 24.2 Å². The number of para-hydroxylation sites is 2. The molecule has 2 aliphatic rings. The van der Waals surface area contributed by atoms with Crippen molar-refractivity contribution in [1.29, 1.82) is 0 Å². The molecule has 0 aliphatic carbocycles. The molecule has 134 valence electrons. The molecule has 1 saturated heterocycles. The number of likely N-dealkylation sites (tertiary alicyclic amines) is 1. The Morgan fingerprint density at radius 3 is 2.60 bits per heavy atom. The number of benzene rings is 2. The molecule has 0 aromatic heterocycles. The summed E-state index contributed by atoms with van der Waals surface area (Å²) >= 11 is 2.06. The molecule has 0 bridgehead atoms. The average molecular weight is 376 g/mol. The van der Waals surface area contributed by atoms with Crippen LogP contribution in [0.3, 0.4) is 0 Å². The molecule has 2 aliphatic heterocycles. The number of hydrogen-bond acceptors (Lipinski definition) is 3. The molecule has 0 radical (unpaired) electrons. The van der Waals surface area contributed by atoms with Gasteiger partial charge in [0, 0.05) is 23.4 Å². The van der Waals surface area contributed by atoms with E-state index < -0.39 is 0 Å². The van der Waals surface area contributed by atoms with Crippen LogP contribution in [0, 0.1) is 6.92 Å². The van der Waals surface area contributed by atoms with Gasteiger partial charge < -0.3 is 9.64 Å². The van der Waals surface area contributed by atoms with Crippen molar-refractivity contribution in [1.82, 2.24) is 4.90 Å². The number of thioether (sulfide) groups is 1. The first-order valence-electron chi connectivity index (χ1n) is 9.03. The van der Waals surface area contributed by atoms with Gasteiger partial charge in [0.1, 0.15) is 11.5 Å². The molecule has 1 unspecified atom stereocenters. The largest absolute Gasteiger partial charge is 0.456 e. The van der Waals surface area contributed by atoms with Crippen LogP contribution in [-0.2, 0) is 0 Å². The Morgan fingerprint density at radius 2 is 1.76 bits per heavy atom. The molecule has 2 aromatic rings. The molecule has 2 heterocycles. The average Bonchev–Trinajstić information content (AvgIpc) is 2.63. The number of aryl methyl sites for hydroxylation is 1. The van der Waals surface area contributed by atoms with E-state index in [1.165, 1.54) is 61.3 Å². The number of halogens is 1. The highest BCUT2D eigenvalue weighted by Gasteiger charge is 2.28. The van der Waals surface area contributed by atoms with Gasteiger partial charge in [-0.3, -0.25) is 0 Å². The van der Waals surface area contributed by atoms with Crippen molar-refractivity contribution >= 4 is 24.2 Å². The second-order valence-corrected chi connectivity index (χ2v) is 8.00. The van der Waals surface area contributed by atoms with Crippen molar-refractivity contribution in [2.24, 2.45) is 0 Å². The smallest absolute Gasteiger partial charge is 0.135 e. The third-order valence-corrected chi connectivity index (χ3v) is 6.34. The first-order valence-corrected chi connectivity index (χ1v) is 10.1. The lowest BCUT2D eigenvalue weighted by Gasteiger charge is -2.30. The summed E-state index contributed by atoms with van der Waals surface area (Å²) in [5.74, 6) is 3.26. The Bertz CT molecular complexity index is 715. The summed E-state index contributed by atoms with van der Waals surface area (Å²) in [6, 6.07) is 15.0. The SMILES string of the molecule is Cc1cccc2c1Oc1ccccc1C2SCCN1CCCCC1.Cl. The molecular formula is C21H26ClNOS. The fourth-order valence-electron chi connectivity index (χ4n) is 3.75. The van der Waals surface area contributed by atoms with Crippen LogP contribution in [0.25, 0.3) is 0 Å². The van der Waals surface area contributed by atoms with Crippen molar-refractivity contribution in [3.05, 3.63) is 59.2 Å². The lowest BCUT2D eigenvalue weighted by Crippen LogP contribution is -2.31. The van der Waals surface area contributed by atoms with E-state index in [2.05, 4.69) is 66.1 Å². The summed E-state index contributed by atoms with van der Waals surface area (Å²) in [5, 5.41) is 0.384. The Labute approximate surface area is 161 Å². The lowest BCUT2D eigenvalue weighted by molar-refractivity contribution is 0.242. The third-order valence-electron chi connectivity index (χ3n) is 5.08. The topological polar surface area (TPSA) is 12.5 Å². The van der Waals surface area contributed by atoms with Crippen molar-refractivity contribution in [3.63, 3.8) is 0 Å². The maximum atomic E-state index is 6.21. The van der Waals surface area contributed by atoms with Gasteiger partial charge in [0.15, 0.2) is 0 Å². The number of rotatable bonds is 4.